The number of rotatable bonds is 7. The number of hydrogen-bond donors (Lipinski definition) is 0. The molecule has 0 N–H and O–H groups in total. The number of halogens is 1. The Morgan fingerprint density at radius 1 is 1.50 bits per heavy atom. The van der Waals surface area contributed by atoms with Crippen LogP contribution in [0.15, 0.2) is 18.2 Å². The summed E-state index contributed by atoms with van der Waals surface area (Å²) in [4.78, 5) is 20.6. The first-order valence-corrected chi connectivity index (χ1v) is 5.63. The highest BCUT2D eigenvalue weighted by atomic mass is 19.1. The van der Waals surface area contributed by atoms with Gasteiger partial charge in [0.1, 0.15) is 11.5 Å². The molecular weight excluding hydrogens is 241 g/mol. The van der Waals surface area contributed by atoms with E-state index in [2.05, 4.69) is 0 Å². The van der Waals surface area contributed by atoms with Crippen molar-refractivity contribution in [1.29, 1.82) is 0 Å². The van der Waals surface area contributed by atoms with Crippen LogP contribution in [0.25, 0.3) is 0 Å². The Bertz CT molecular complexity index is 448. The van der Waals surface area contributed by atoms with Crippen molar-refractivity contribution < 1.29 is 18.8 Å². The van der Waals surface area contributed by atoms with E-state index in [1.807, 2.05) is 0 Å². The molecule has 0 saturated heterocycles. The summed E-state index contributed by atoms with van der Waals surface area (Å²) < 4.78 is 18.4. The number of Topliss-reactive ketones (excluding diaryl/α,β-unsaturated/α-hetero) is 1. The van der Waals surface area contributed by atoms with Gasteiger partial charge in [0.05, 0.1) is 11.5 Å². The predicted molar refractivity (Wildman–Crippen MR) is 63.1 cm³/mol. The third kappa shape index (κ3) is 4.12. The molecule has 0 saturated carbocycles. The van der Waals surface area contributed by atoms with Crippen LogP contribution in [0.5, 0.6) is 5.75 Å². The lowest BCUT2D eigenvalue weighted by molar-refractivity contribution is -0.387. The normalized spacial score (nSPS) is 10.1. The molecule has 1 rings (SSSR count). The Balaban J connectivity index is 2.46. The molecule has 1 aromatic carbocycles. The van der Waals surface area contributed by atoms with Crippen LogP contribution in [-0.2, 0) is 4.79 Å². The average molecular weight is 255 g/mol. The Kier molecular flexibility index (Phi) is 5.23. The summed E-state index contributed by atoms with van der Waals surface area (Å²) in [6.07, 6.45) is 1.46. The highest BCUT2D eigenvalue weighted by Gasteiger charge is 2.14. The molecule has 0 amide bonds. The molecule has 0 heterocycles. The van der Waals surface area contributed by atoms with E-state index in [9.17, 15) is 19.3 Å². The highest BCUT2D eigenvalue weighted by molar-refractivity contribution is 5.77. The molecule has 18 heavy (non-hydrogen) atoms. The summed E-state index contributed by atoms with van der Waals surface area (Å²) >= 11 is 0. The predicted octanol–water partition coefficient (Wildman–Crippen LogP) is 2.87. The molecule has 1 aromatic rings. The first-order valence-electron chi connectivity index (χ1n) is 5.63. The molecule has 0 aliphatic heterocycles. The molecule has 0 spiro atoms. The van der Waals surface area contributed by atoms with E-state index in [1.54, 1.807) is 6.92 Å². The number of nitro benzene ring substituents is 1. The van der Waals surface area contributed by atoms with Gasteiger partial charge in [0, 0.05) is 25.0 Å². The van der Waals surface area contributed by atoms with Crippen LogP contribution in [0.1, 0.15) is 26.2 Å². The average Bonchev–Trinajstić information content (AvgIpc) is 2.34. The quantitative estimate of drug-likeness (QED) is 0.426. The van der Waals surface area contributed by atoms with E-state index in [4.69, 9.17) is 4.74 Å². The van der Waals surface area contributed by atoms with E-state index in [0.717, 1.165) is 12.1 Å². The summed E-state index contributed by atoms with van der Waals surface area (Å²) in [6.45, 7) is 2.07. The Labute approximate surface area is 104 Å². The molecule has 0 fully saturated rings. The van der Waals surface area contributed by atoms with Crippen LogP contribution in [0.2, 0.25) is 0 Å². The number of ketones is 1. The van der Waals surface area contributed by atoms with Crippen molar-refractivity contribution in [2.24, 2.45) is 0 Å². The fourth-order valence-corrected chi connectivity index (χ4v) is 1.36. The van der Waals surface area contributed by atoms with Gasteiger partial charge in [-0.05, 0) is 12.5 Å². The van der Waals surface area contributed by atoms with Crippen LogP contribution in [-0.4, -0.2) is 17.3 Å². The fourth-order valence-electron chi connectivity index (χ4n) is 1.36. The van der Waals surface area contributed by atoms with E-state index in [0.29, 0.717) is 19.3 Å². The first-order chi connectivity index (χ1) is 8.54. The number of benzene rings is 1. The first kappa shape index (κ1) is 14.1. The Morgan fingerprint density at radius 3 is 2.78 bits per heavy atom. The number of hydrogen-bond acceptors (Lipinski definition) is 4. The maximum Gasteiger partial charge on any atom is 0.305 e. The van der Waals surface area contributed by atoms with E-state index < -0.39 is 16.4 Å². The number of carbonyl (C=O) groups excluding carboxylic acids is 1. The lowest BCUT2D eigenvalue weighted by Crippen LogP contribution is -2.02. The molecule has 0 aliphatic carbocycles. The molecular formula is C12H14FNO4. The monoisotopic (exact) mass is 255 g/mol. The van der Waals surface area contributed by atoms with Crippen molar-refractivity contribution >= 4 is 11.5 Å². The van der Waals surface area contributed by atoms with Gasteiger partial charge in [-0.1, -0.05) is 6.92 Å². The summed E-state index contributed by atoms with van der Waals surface area (Å²) in [7, 11) is 0. The van der Waals surface area contributed by atoms with Gasteiger partial charge in [0.25, 0.3) is 0 Å². The van der Waals surface area contributed by atoms with Crippen LogP contribution in [0.3, 0.4) is 0 Å². The van der Waals surface area contributed by atoms with E-state index >= 15 is 0 Å². The molecule has 0 radical (unpaired) electrons. The maximum atomic E-state index is 13.2. The molecule has 98 valence electrons. The van der Waals surface area contributed by atoms with Crippen molar-refractivity contribution in [3.8, 4) is 5.75 Å². The fraction of sp³-hybridized carbons (Fsp3) is 0.417. The SMILES string of the molecule is CCC(=O)CCCOc1ccc([N+](=O)[O-])c(F)c1. The van der Waals surface area contributed by atoms with Gasteiger partial charge in [-0.2, -0.15) is 4.39 Å². The minimum Gasteiger partial charge on any atom is -0.493 e. The van der Waals surface area contributed by atoms with Gasteiger partial charge in [-0.3, -0.25) is 14.9 Å². The van der Waals surface area contributed by atoms with Crippen molar-refractivity contribution in [2.75, 3.05) is 6.61 Å². The largest absolute Gasteiger partial charge is 0.493 e. The zero-order chi connectivity index (χ0) is 13.5. The summed E-state index contributed by atoms with van der Waals surface area (Å²) in [5.41, 5.74) is -0.580. The minimum atomic E-state index is -0.929. The van der Waals surface area contributed by atoms with Crippen molar-refractivity contribution in [3.63, 3.8) is 0 Å². The second-order valence-corrected chi connectivity index (χ2v) is 3.71. The van der Waals surface area contributed by atoms with Gasteiger partial charge in [0.15, 0.2) is 0 Å². The second kappa shape index (κ2) is 6.68. The molecule has 0 aliphatic rings. The molecule has 0 aromatic heterocycles. The summed E-state index contributed by atoms with van der Waals surface area (Å²) in [5.74, 6) is -0.558. The lowest BCUT2D eigenvalue weighted by atomic mass is 10.2. The Hall–Kier alpha value is -1.98. The number of ether oxygens (including phenoxy) is 1. The zero-order valence-electron chi connectivity index (χ0n) is 10.0. The van der Waals surface area contributed by atoms with Gasteiger partial charge in [-0.25, -0.2) is 0 Å². The third-order valence-corrected chi connectivity index (χ3v) is 2.38. The van der Waals surface area contributed by atoms with E-state index in [-0.39, 0.29) is 18.1 Å². The van der Waals surface area contributed by atoms with Crippen LogP contribution in [0, 0.1) is 15.9 Å². The van der Waals surface area contributed by atoms with Crippen LogP contribution in [0.4, 0.5) is 10.1 Å². The van der Waals surface area contributed by atoms with E-state index in [1.165, 1.54) is 6.07 Å². The molecule has 0 unspecified atom stereocenters. The van der Waals surface area contributed by atoms with Gasteiger partial charge in [-0.15, -0.1) is 0 Å². The summed E-state index contributed by atoms with van der Waals surface area (Å²) in [6, 6.07) is 3.37. The third-order valence-electron chi connectivity index (χ3n) is 2.38. The molecule has 5 nitrogen and oxygen atoms in total. The van der Waals surface area contributed by atoms with Crippen molar-refractivity contribution in [3.05, 3.63) is 34.1 Å². The molecule has 0 atom stereocenters. The number of nitrogens with zero attached hydrogens (tertiary/aromatic N) is 1. The van der Waals surface area contributed by atoms with Gasteiger partial charge < -0.3 is 4.74 Å². The second-order valence-electron chi connectivity index (χ2n) is 3.71. The van der Waals surface area contributed by atoms with Crippen molar-refractivity contribution in [2.45, 2.75) is 26.2 Å². The maximum absolute atomic E-state index is 13.2. The molecule has 0 bridgehead atoms. The van der Waals surface area contributed by atoms with Gasteiger partial charge >= 0.3 is 5.69 Å². The lowest BCUT2D eigenvalue weighted by Gasteiger charge is -2.05. The van der Waals surface area contributed by atoms with Crippen molar-refractivity contribution in [1.82, 2.24) is 0 Å². The van der Waals surface area contributed by atoms with Crippen LogP contribution < -0.4 is 4.74 Å². The zero-order valence-corrected chi connectivity index (χ0v) is 10.0. The van der Waals surface area contributed by atoms with Gasteiger partial charge in [0.2, 0.25) is 5.82 Å². The highest BCUT2D eigenvalue weighted by Crippen LogP contribution is 2.22. The molecule has 6 heteroatoms. The topological polar surface area (TPSA) is 69.4 Å². The number of nitro groups is 1. The number of carbonyl (C=O) groups is 1. The summed E-state index contributed by atoms with van der Waals surface area (Å²) in [5, 5.41) is 10.4. The standard InChI is InChI=1S/C12H14FNO4/c1-2-9(15)4-3-7-18-10-5-6-12(14(16)17)11(13)8-10/h5-6,8H,2-4,7H2,1H3. The minimum absolute atomic E-state index is 0.147. The van der Waals surface area contributed by atoms with Crippen LogP contribution >= 0.6 is 0 Å². The smallest absolute Gasteiger partial charge is 0.305 e. The Morgan fingerprint density at radius 2 is 2.22 bits per heavy atom.